The van der Waals surface area contributed by atoms with Gasteiger partial charge in [-0.1, -0.05) is 24.3 Å². The van der Waals surface area contributed by atoms with E-state index in [1.165, 1.54) is 0 Å². The van der Waals surface area contributed by atoms with Crippen LogP contribution in [0.5, 0.6) is 5.75 Å². The molecule has 1 aliphatic heterocycles. The van der Waals surface area contributed by atoms with E-state index in [-0.39, 0.29) is 5.91 Å². The highest BCUT2D eigenvalue weighted by Crippen LogP contribution is 2.38. The minimum atomic E-state index is -0.527. The fraction of sp³-hybridized carbons (Fsp3) is 0.368. The topological polar surface area (TPSA) is 51.2 Å². The molecule has 0 saturated heterocycles. The van der Waals surface area contributed by atoms with Crippen LogP contribution < -0.4 is 10.1 Å². The number of amides is 1. The van der Waals surface area contributed by atoms with Crippen molar-refractivity contribution in [2.24, 2.45) is 0 Å². The molecular formula is C19H22N2O2. The zero-order chi connectivity index (χ0) is 16.3. The first kappa shape index (κ1) is 15.5. The Bertz CT molecular complexity index is 697. The van der Waals surface area contributed by atoms with Gasteiger partial charge in [0, 0.05) is 24.0 Å². The van der Waals surface area contributed by atoms with Crippen LogP contribution in [0.1, 0.15) is 30.2 Å². The van der Waals surface area contributed by atoms with Crippen LogP contribution in [-0.2, 0) is 16.6 Å². The summed E-state index contributed by atoms with van der Waals surface area (Å²) in [6.45, 7) is 5.15. The molecule has 4 nitrogen and oxygen atoms in total. The van der Waals surface area contributed by atoms with Crippen molar-refractivity contribution in [1.82, 2.24) is 10.3 Å². The van der Waals surface area contributed by atoms with Crippen LogP contribution in [-0.4, -0.2) is 24.0 Å². The molecule has 23 heavy (non-hydrogen) atoms. The monoisotopic (exact) mass is 310 g/mol. The van der Waals surface area contributed by atoms with Gasteiger partial charge in [0.25, 0.3) is 0 Å². The highest BCUT2D eigenvalue weighted by atomic mass is 16.5. The maximum absolute atomic E-state index is 12.7. The van der Waals surface area contributed by atoms with Crippen molar-refractivity contribution in [2.75, 3.05) is 13.2 Å². The average Bonchev–Trinajstić information content (AvgIpc) is 2.57. The van der Waals surface area contributed by atoms with E-state index in [1.54, 1.807) is 0 Å². The van der Waals surface area contributed by atoms with Crippen molar-refractivity contribution in [3.63, 3.8) is 0 Å². The van der Waals surface area contributed by atoms with Gasteiger partial charge >= 0.3 is 0 Å². The van der Waals surface area contributed by atoms with Gasteiger partial charge in [0.05, 0.1) is 12.0 Å². The van der Waals surface area contributed by atoms with Crippen molar-refractivity contribution >= 4 is 5.91 Å². The smallest absolute Gasteiger partial charge is 0.230 e. The molecule has 4 heteroatoms. The first-order chi connectivity index (χ1) is 11.1. The number of nitrogens with one attached hydrogen (secondary N) is 1. The van der Waals surface area contributed by atoms with Crippen LogP contribution in [0.25, 0.3) is 0 Å². The number of pyridine rings is 1. The molecule has 0 spiro atoms. The van der Waals surface area contributed by atoms with Crippen LogP contribution in [0.2, 0.25) is 0 Å². The fourth-order valence-corrected chi connectivity index (χ4v) is 2.95. The molecule has 1 unspecified atom stereocenters. The van der Waals surface area contributed by atoms with E-state index >= 15 is 0 Å². The van der Waals surface area contributed by atoms with E-state index in [2.05, 4.69) is 16.4 Å². The van der Waals surface area contributed by atoms with Gasteiger partial charge in [0.1, 0.15) is 5.75 Å². The van der Waals surface area contributed by atoms with E-state index in [1.807, 2.05) is 50.4 Å². The summed E-state index contributed by atoms with van der Waals surface area (Å²) >= 11 is 0. The first-order valence-electron chi connectivity index (χ1n) is 8.02. The van der Waals surface area contributed by atoms with E-state index in [4.69, 9.17) is 4.74 Å². The SMILES string of the molecule is Cc1ccc(CCNC(=O)C2(C)CCOc3ccccc32)cn1. The van der Waals surface area contributed by atoms with Gasteiger partial charge in [-0.3, -0.25) is 9.78 Å². The van der Waals surface area contributed by atoms with Crippen LogP contribution in [0.4, 0.5) is 0 Å². The predicted octanol–water partition coefficient (Wildman–Crippen LogP) is 2.79. The average molecular weight is 310 g/mol. The fourth-order valence-electron chi connectivity index (χ4n) is 2.95. The molecule has 0 saturated carbocycles. The largest absolute Gasteiger partial charge is 0.493 e. The third-order valence-electron chi connectivity index (χ3n) is 4.51. The standard InChI is InChI=1S/C19H22N2O2/c1-14-7-8-15(13-21-14)9-11-20-18(22)19(2)10-12-23-17-6-4-3-5-16(17)19/h3-8,13H,9-12H2,1-2H3,(H,20,22). The van der Waals surface area contributed by atoms with Gasteiger partial charge < -0.3 is 10.1 Å². The highest BCUT2D eigenvalue weighted by molar-refractivity contribution is 5.88. The molecule has 2 heterocycles. The quantitative estimate of drug-likeness (QED) is 0.945. The number of hydrogen-bond donors (Lipinski definition) is 1. The Morgan fingerprint density at radius 3 is 2.91 bits per heavy atom. The lowest BCUT2D eigenvalue weighted by atomic mass is 9.77. The summed E-state index contributed by atoms with van der Waals surface area (Å²) in [6.07, 6.45) is 3.35. The van der Waals surface area contributed by atoms with Crippen molar-refractivity contribution in [3.8, 4) is 5.75 Å². The molecule has 0 fully saturated rings. The second-order valence-corrected chi connectivity index (χ2v) is 6.24. The third-order valence-corrected chi connectivity index (χ3v) is 4.51. The third kappa shape index (κ3) is 3.21. The summed E-state index contributed by atoms with van der Waals surface area (Å²) in [7, 11) is 0. The maximum atomic E-state index is 12.7. The Kier molecular flexibility index (Phi) is 4.33. The zero-order valence-electron chi connectivity index (χ0n) is 13.6. The van der Waals surface area contributed by atoms with E-state index in [9.17, 15) is 4.79 Å². The Labute approximate surface area is 136 Å². The molecule has 2 aromatic rings. The number of aromatic nitrogens is 1. The molecule has 0 radical (unpaired) electrons. The van der Waals surface area contributed by atoms with Gasteiger partial charge in [-0.2, -0.15) is 0 Å². The van der Waals surface area contributed by atoms with Crippen LogP contribution >= 0.6 is 0 Å². The second kappa shape index (κ2) is 6.41. The summed E-state index contributed by atoms with van der Waals surface area (Å²) in [5, 5.41) is 3.07. The molecule has 1 aromatic heterocycles. The number of para-hydroxylation sites is 1. The predicted molar refractivity (Wildman–Crippen MR) is 89.6 cm³/mol. The summed E-state index contributed by atoms with van der Waals surface area (Å²) in [4.78, 5) is 17.0. The highest BCUT2D eigenvalue weighted by Gasteiger charge is 2.39. The van der Waals surface area contributed by atoms with Crippen molar-refractivity contribution in [3.05, 3.63) is 59.4 Å². The summed E-state index contributed by atoms with van der Waals surface area (Å²) in [5.74, 6) is 0.882. The maximum Gasteiger partial charge on any atom is 0.230 e. The Hall–Kier alpha value is -2.36. The molecule has 1 aromatic carbocycles. The number of rotatable bonds is 4. The summed E-state index contributed by atoms with van der Waals surface area (Å²) in [6, 6.07) is 11.9. The molecule has 3 rings (SSSR count). The van der Waals surface area contributed by atoms with Crippen LogP contribution in [0, 0.1) is 6.92 Å². The molecule has 1 N–H and O–H groups in total. The second-order valence-electron chi connectivity index (χ2n) is 6.24. The van der Waals surface area contributed by atoms with Gasteiger partial charge in [-0.15, -0.1) is 0 Å². The molecular weight excluding hydrogens is 288 g/mol. The van der Waals surface area contributed by atoms with Crippen LogP contribution in [0.15, 0.2) is 42.6 Å². The number of benzene rings is 1. The number of fused-ring (bicyclic) bond motifs is 1. The van der Waals surface area contributed by atoms with Gasteiger partial charge in [-0.25, -0.2) is 0 Å². The van der Waals surface area contributed by atoms with E-state index in [0.717, 1.165) is 29.0 Å². The van der Waals surface area contributed by atoms with Crippen molar-refractivity contribution < 1.29 is 9.53 Å². The van der Waals surface area contributed by atoms with E-state index < -0.39 is 5.41 Å². The van der Waals surface area contributed by atoms with Crippen molar-refractivity contribution in [2.45, 2.75) is 32.1 Å². The zero-order valence-corrected chi connectivity index (χ0v) is 13.6. The normalized spacial score (nSPS) is 19.6. The molecule has 1 aliphatic rings. The molecule has 0 bridgehead atoms. The Morgan fingerprint density at radius 1 is 1.30 bits per heavy atom. The van der Waals surface area contributed by atoms with Gasteiger partial charge in [-0.05, 0) is 44.4 Å². The lowest BCUT2D eigenvalue weighted by Crippen LogP contribution is -2.45. The van der Waals surface area contributed by atoms with E-state index in [0.29, 0.717) is 19.6 Å². The minimum absolute atomic E-state index is 0.0633. The number of ether oxygens (including phenoxy) is 1. The Balaban J connectivity index is 1.65. The minimum Gasteiger partial charge on any atom is -0.493 e. The molecule has 0 aliphatic carbocycles. The van der Waals surface area contributed by atoms with Gasteiger partial charge in [0.15, 0.2) is 0 Å². The Morgan fingerprint density at radius 2 is 2.13 bits per heavy atom. The lowest BCUT2D eigenvalue weighted by Gasteiger charge is -2.34. The molecule has 1 atom stereocenters. The summed E-state index contributed by atoms with van der Waals surface area (Å²) < 4.78 is 5.67. The number of nitrogens with zero attached hydrogens (tertiary/aromatic N) is 1. The van der Waals surface area contributed by atoms with Crippen LogP contribution in [0.3, 0.4) is 0 Å². The van der Waals surface area contributed by atoms with Gasteiger partial charge in [0.2, 0.25) is 5.91 Å². The molecule has 120 valence electrons. The number of hydrogen-bond acceptors (Lipinski definition) is 3. The first-order valence-corrected chi connectivity index (χ1v) is 8.02. The lowest BCUT2D eigenvalue weighted by molar-refractivity contribution is -0.127. The molecule has 1 amide bonds. The number of aryl methyl sites for hydroxylation is 1. The van der Waals surface area contributed by atoms with Crippen molar-refractivity contribution in [1.29, 1.82) is 0 Å². The summed E-state index contributed by atoms with van der Waals surface area (Å²) in [5.41, 5.74) is 2.58. The number of carbonyl (C=O) groups is 1. The number of carbonyl (C=O) groups excluding carboxylic acids is 1.